The second-order valence-electron chi connectivity index (χ2n) is 5.52. The van der Waals surface area contributed by atoms with Crippen molar-refractivity contribution >= 4 is 11.7 Å². The molecule has 0 amide bonds. The molecule has 0 heterocycles. The summed E-state index contributed by atoms with van der Waals surface area (Å²) in [6, 6.07) is 7.86. The zero-order chi connectivity index (χ0) is 15.5. The van der Waals surface area contributed by atoms with Crippen molar-refractivity contribution in [3.05, 3.63) is 29.8 Å². The largest absolute Gasteiger partial charge is 0.464 e. The van der Waals surface area contributed by atoms with Gasteiger partial charge in [0.15, 0.2) is 0 Å². The van der Waals surface area contributed by atoms with Crippen LogP contribution in [0.1, 0.15) is 57.9 Å². The van der Waals surface area contributed by atoms with Gasteiger partial charge in [0, 0.05) is 5.69 Å². The summed E-state index contributed by atoms with van der Waals surface area (Å²) in [5, 5.41) is 3.32. The van der Waals surface area contributed by atoms with E-state index >= 15 is 0 Å². The summed E-state index contributed by atoms with van der Waals surface area (Å²) in [7, 11) is 0. The average molecular weight is 291 g/mol. The topological polar surface area (TPSA) is 38.3 Å². The molecular weight excluding hydrogens is 262 g/mol. The summed E-state index contributed by atoms with van der Waals surface area (Å²) in [6.45, 7) is 6.54. The first-order valence-electron chi connectivity index (χ1n) is 8.17. The van der Waals surface area contributed by atoms with Gasteiger partial charge in [0.2, 0.25) is 0 Å². The predicted octanol–water partition coefficient (Wildman–Crippen LogP) is 4.70. The van der Waals surface area contributed by atoms with Crippen LogP contribution in [-0.4, -0.2) is 18.6 Å². The summed E-state index contributed by atoms with van der Waals surface area (Å²) >= 11 is 0. The zero-order valence-corrected chi connectivity index (χ0v) is 13.7. The molecule has 0 radical (unpaired) electrons. The van der Waals surface area contributed by atoms with E-state index < -0.39 is 0 Å². The number of hydrogen-bond donors (Lipinski definition) is 1. The van der Waals surface area contributed by atoms with Crippen LogP contribution in [0.15, 0.2) is 24.3 Å². The summed E-state index contributed by atoms with van der Waals surface area (Å²) in [5.74, 6) is -0.144. The molecule has 21 heavy (non-hydrogen) atoms. The molecule has 0 saturated carbocycles. The predicted molar refractivity (Wildman–Crippen MR) is 88.6 cm³/mol. The number of nitrogens with one attached hydrogen (secondary N) is 1. The Morgan fingerprint density at radius 1 is 1.19 bits per heavy atom. The van der Waals surface area contributed by atoms with E-state index in [9.17, 15) is 4.79 Å². The van der Waals surface area contributed by atoms with E-state index in [-0.39, 0.29) is 12.0 Å². The quantitative estimate of drug-likeness (QED) is 0.501. The van der Waals surface area contributed by atoms with E-state index in [0.29, 0.717) is 6.61 Å². The zero-order valence-electron chi connectivity index (χ0n) is 13.7. The van der Waals surface area contributed by atoms with Gasteiger partial charge in [-0.2, -0.15) is 0 Å². The fourth-order valence-corrected chi connectivity index (χ4v) is 2.38. The van der Waals surface area contributed by atoms with Gasteiger partial charge >= 0.3 is 5.97 Å². The molecule has 0 aliphatic carbocycles. The van der Waals surface area contributed by atoms with E-state index in [1.807, 2.05) is 19.1 Å². The van der Waals surface area contributed by atoms with E-state index in [2.05, 4.69) is 31.3 Å². The van der Waals surface area contributed by atoms with Crippen molar-refractivity contribution in [2.24, 2.45) is 0 Å². The van der Waals surface area contributed by atoms with Crippen LogP contribution in [0.4, 0.5) is 5.69 Å². The van der Waals surface area contributed by atoms with Crippen LogP contribution in [0, 0.1) is 6.92 Å². The Balaban J connectivity index is 2.53. The first kappa shape index (κ1) is 17.5. The molecule has 0 saturated heterocycles. The number of hydrogen-bond acceptors (Lipinski definition) is 3. The lowest BCUT2D eigenvalue weighted by Gasteiger charge is -2.18. The third kappa shape index (κ3) is 7.16. The molecule has 3 nitrogen and oxygen atoms in total. The monoisotopic (exact) mass is 291 g/mol. The highest BCUT2D eigenvalue weighted by Gasteiger charge is 2.19. The highest BCUT2D eigenvalue weighted by molar-refractivity contribution is 5.79. The summed E-state index contributed by atoms with van der Waals surface area (Å²) in [6.07, 6.45) is 6.83. The molecule has 0 bridgehead atoms. The van der Waals surface area contributed by atoms with Crippen LogP contribution in [0.3, 0.4) is 0 Å². The van der Waals surface area contributed by atoms with Crippen molar-refractivity contribution in [1.82, 2.24) is 0 Å². The third-order valence-electron chi connectivity index (χ3n) is 3.53. The molecule has 0 aromatic heterocycles. The molecule has 1 rings (SSSR count). The van der Waals surface area contributed by atoms with Gasteiger partial charge in [-0.05, 0) is 38.0 Å². The maximum atomic E-state index is 12.1. The lowest BCUT2D eigenvalue weighted by atomic mass is 10.1. The molecule has 1 aromatic carbocycles. The van der Waals surface area contributed by atoms with Gasteiger partial charge < -0.3 is 10.1 Å². The number of anilines is 1. The number of unbranched alkanes of at least 4 members (excludes halogenated alkanes) is 4. The molecule has 1 unspecified atom stereocenters. The number of rotatable bonds is 10. The molecule has 1 atom stereocenters. The Labute approximate surface area is 129 Å². The van der Waals surface area contributed by atoms with E-state index in [1.165, 1.54) is 31.2 Å². The van der Waals surface area contributed by atoms with E-state index in [1.54, 1.807) is 0 Å². The SMILES string of the molecule is CCCCCCCC(Nc1cccc(C)c1)C(=O)OCC. The number of ether oxygens (including phenoxy) is 1. The normalized spacial score (nSPS) is 12.0. The Hall–Kier alpha value is -1.51. The van der Waals surface area contributed by atoms with Gasteiger partial charge in [-0.3, -0.25) is 0 Å². The first-order chi connectivity index (χ1) is 10.2. The average Bonchev–Trinajstić information content (AvgIpc) is 2.46. The number of esters is 1. The lowest BCUT2D eigenvalue weighted by molar-refractivity contribution is -0.144. The Bertz CT molecular complexity index is 417. The van der Waals surface area contributed by atoms with Crippen molar-refractivity contribution in [3.8, 4) is 0 Å². The van der Waals surface area contributed by atoms with Crippen molar-refractivity contribution in [1.29, 1.82) is 0 Å². The second-order valence-corrected chi connectivity index (χ2v) is 5.52. The van der Waals surface area contributed by atoms with Gasteiger partial charge in [0.05, 0.1) is 6.61 Å². The number of aryl methyl sites for hydroxylation is 1. The Kier molecular flexibility index (Phi) is 8.56. The van der Waals surface area contributed by atoms with Crippen LogP contribution in [-0.2, 0) is 9.53 Å². The van der Waals surface area contributed by atoms with Gasteiger partial charge in [0.1, 0.15) is 6.04 Å². The van der Waals surface area contributed by atoms with Crippen molar-refractivity contribution < 1.29 is 9.53 Å². The molecule has 0 aliphatic rings. The van der Waals surface area contributed by atoms with Crippen molar-refractivity contribution in [3.63, 3.8) is 0 Å². The molecular formula is C18H29NO2. The number of benzene rings is 1. The standard InChI is InChI=1S/C18H29NO2/c1-4-6-7-8-9-13-17(18(20)21-5-2)19-16-12-10-11-15(3)14-16/h10-12,14,17,19H,4-9,13H2,1-3H3. The minimum atomic E-state index is -0.242. The molecule has 3 heteroatoms. The van der Waals surface area contributed by atoms with Crippen molar-refractivity contribution in [2.45, 2.75) is 65.3 Å². The van der Waals surface area contributed by atoms with Gasteiger partial charge in [0.25, 0.3) is 0 Å². The molecule has 1 aromatic rings. The second kappa shape index (κ2) is 10.3. The van der Waals surface area contributed by atoms with Gasteiger partial charge in [-0.1, -0.05) is 51.2 Å². The summed E-state index contributed by atoms with van der Waals surface area (Å²) in [4.78, 5) is 12.1. The van der Waals surface area contributed by atoms with Crippen LogP contribution in [0.25, 0.3) is 0 Å². The van der Waals surface area contributed by atoms with E-state index in [0.717, 1.165) is 18.5 Å². The maximum absolute atomic E-state index is 12.1. The molecule has 118 valence electrons. The van der Waals surface area contributed by atoms with Crippen LogP contribution in [0.5, 0.6) is 0 Å². The Morgan fingerprint density at radius 3 is 2.62 bits per heavy atom. The minimum Gasteiger partial charge on any atom is -0.464 e. The highest BCUT2D eigenvalue weighted by atomic mass is 16.5. The fourth-order valence-electron chi connectivity index (χ4n) is 2.38. The third-order valence-corrected chi connectivity index (χ3v) is 3.53. The summed E-state index contributed by atoms with van der Waals surface area (Å²) in [5.41, 5.74) is 2.17. The minimum absolute atomic E-state index is 0.144. The lowest BCUT2D eigenvalue weighted by Crippen LogP contribution is -2.31. The van der Waals surface area contributed by atoms with Crippen LogP contribution in [0.2, 0.25) is 0 Å². The number of carbonyl (C=O) groups excluding carboxylic acids is 1. The van der Waals surface area contributed by atoms with Gasteiger partial charge in [-0.15, -0.1) is 0 Å². The Morgan fingerprint density at radius 2 is 1.95 bits per heavy atom. The van der Waals surface area contributed by atoms with Crippen molar-refractivity contribution in [2.75, 3.05) is 11.9 Å². The van der Waals surface area contributed by atoms with Crippen LogP contribution < -0.4 is 5.32 Å². The fraction of sp³-hybridized carbons (Fsp3) is 0.611. The molecule has 0 fully saturated rings. The molecule has 0 aliphatic heterocycles. The molecule has 1 N–H and O–H groups in total. The maximum Gasteiger partial charge on any atom is 0.328 e. The van der Waals surface area contributed by atoms with Gasteiger partial charge in [-0.25, -0.2) is 4.79 Å². The summed E-state index contributed by atoms with van der Waals surface area (Å²) < 4.78 is 5.18. The number of carbonyl (C=O) groups is 1. The van der Waals surface area contributed by atoms with E-state index in [4.69, 9.17) is 4.74 Å². The molecule has 0 spiro atoms. The smallest absolute Gasteiger partial charge is 0.328 e. The first-order valence-corrected chi connectivity index (χ1v) is 8.17. The highest BCUT2D eigenvalue weighted by Crippen LogP contribution is 2.15. The van der Waals surface area contributed by atoms with Crippen LogP contribution >= 0.6 is 0 Å².